The molecule has 2 heterocycles. The quantitative estimate of drug-likeness (QED) is 0.219. The van der Waals surface area contributed by atoms with E-state index < -0.39 is 11.9 Å². The van der Waals surface area contributed by atoms with Gasteiger partial charge in [0.25, 0.3) is 0 Å². The lowest BCUT2D eigenvalue weighted by Crippen LogP contribution is -2.44. The Morgan fingerprint density at radius 1 is 1.18 bits per heavy atom. The van der Waals surface area contributed by atoms with E-state index in [4.69, 9.17) is 21.1 Å². The number of aromatic nitrogens is 2. The summed E-state index contributed by atoms with van der Waals surface area (Å²) in [5.41, 5.74) is 2.15. The molecule has 0 saturated heterocycles. The predicted molar refractivity (Wildman–Crippen MR) is 129 cm³/mol. The zero-order valence-electron chi connectivity index (χ0n) is 18.3. The lowest BCUT2D eigenvalue weighted by Gasteiger charge is -2.17. The van der Waals surface area contributed by atoms with Gasteiger partial charge in [-0.25, -0.2) is 19.2 Å². The normalized spacial score (nSPS) is 12.0. The minimum atomic E-state index is -1.07. The Bertz CT molecular complexity index is 1310. The molecule has 0 radical (unpaired) electrons. The average molecular weight is 484 g/mol. The van der Waals surface area contributed by atoms with Crippen molar-refractivity contribution < 1.29 is 18.7 Å². The summed E-state index contributed by atoms with van der Waals surface area (Å²) in [6, 6.07) is 13.7. The Labute approximate surface area is 200 Å². The van der Waals surface area contributed by atoms with Gasteiger partial charge in [-0.2, -0.15) is 0 Å². The molecule has 1 atom stereocenters. The van der Waals surface area contributed by atoms with Gasteiger partial charge in [0.2, 0.25) is 0 Å². The van der Waals surface area contributed by atoms with Crippen LogP contribution in [0, 0.1) is 5.82 Å². The van der Waals surface area contributed by atoms with Gasteiger partial charge in [0, 0.05) is 16.6 Å². The van der Waals surface area contributed by atoms with Crippen LogP contribution in [0.2, 0.25) is 5.02 Å². The molecule has 4 aromatic rings. The molecule has 0 saturated carbocycles. The molecule has 4 rings (SSSR count). The number of hydrogen-bond acceptors (Lipinski definition) is 6. The van der Waals surface area contributed by atoms with Crippen molar-refractivity contribution in [3.63, 3.8) is 0 Å². The maximum atomic E-state index is 13.5. The second-order valence-corrected chi connectivity index (χ2v) is 8.05. The van der Waals surface area contributed by atoms with Crippen molar-refractivity contribution in [2.75, 3.05) is 5.32 Å². The molecule has 0 fully saturated rings. The topological polar surface area (TPSA) is 112 Å². The van der Waals surface area contributed by atoms with Crippen molar-refractivity contribution in [1.29, 1.82) is 0 Å². The predicted octanol–water partition coefficient (Wildman–Crippen LogP) is 5.91. The van der Waals surface area contributed by atoms with E-state index in [1.54, 1.807) is 6.07 Å². The Kier molecular flexibility index (Phi) is 7.24. The zero-order chi connectivity index (χ0) is 24.1. The molecule has 0 aliphatic carbocycles. The molecule has 2 aromatic carbocycles. The van der Waals surface area contributed by atoms with E-state index in [-0.39, 0.29) is 11.2 Å². The standard InChI is InChI=1S/C24H23ClFN5O3/c1-2-3-22(31-24(32)33)27-12-16-6-9-21(34-16)14-4-8-20-17(10-14)23(29-13-28-20)30-15-5-7-19(26)18(25)11-15/h4-11,13,22,27,31H,2-3,12H2,1H3,(H,32,33)(H,28,29,30). The SMILES string of the molecule is CCCC(NCc1ccc(-c2ccc3ncnc(Nc4ccc(F)c(Cl)c4)c3c2)o1)NC(=O)O. The fourth-order valence-electron chi connectivity index (χ4n) is 3.53. The highest BCUT2D eigenvalue weighted by atomic mass is 35.5. The van der Waals surface area contributed by atoms with Crippen LogP contribution in [0.25, 0.3) is 22.2 Å². The Balaban J connectivity index is 1.54. The number of furan rings is 1. The number of hydrogen-bond donors (Lipinski definition) is 4. The lowest BCUT2D eigenvalue weighted by molar-refractivity contribution is 0.185. The fourth-order valence-corrected chi connectivity index (χ4v) is 3.72. The summed E-state index contributed by atoms with van der Waals surface area (Å²) in [5.74, 6) is 1.37. The minimum absolute atomic E-state index is 0.0144. The van der Waals surface area contributed by atoms with Crippen molar-refractivity contribution in [2.45, 2.75) is 32.5 Å². The van der Waals surface area contributed by atoms with Crippen molar-refractivity contribution >= 4 is 40.1 Å². The van der Waals surface area contributed by atoms with Crippen LogP contribution in [0.15, 0.2) is 59.3 Å². The first kappa shape index (κ1) is 23.5. The number of carbonyl (C=O) groups is 1. The van der Waals surface area contributed by atoms with Crippen molar-refractivity contribution in [3.05, 3.63) is 71.5 Å². The van der Waals surface area contributed by atoms with Crippen LogP contribution in [0.1, 0.15) is 25.5 Å². The number of fused-ring (bicyclic) bond motifs is 1. The van der Waals surface area contributed by atoms with Crippen molar-refractivity contribution in [2.24, 2.45) is 0 Å². The summed E-state index contributed by atoms with van der Waals surface area (Å²) in [4.78, 5) is 19.6. The summed E-state index contributed by atoms with van der Waals surface area (Å²) in [6.45, 7) is 2.36. The second kappa shape index (κ2) is 10.5. The maximum Gasteiger partial charge on any atom is 0.405 e. The van der Waals surface area contributed by atoms with Gasteiger partial charge in [0.15, 0.2) is 0 Å². The van der Waals surface area contributed by atoms with E-state index in [1.165, 1.54) is 18.5 Å². The molecule has 0 aliphatic rings. The molecule has 1 unspecified atom stereocenters. The van der Waals surface area contributed by atoms with E-state index in [9.17, 15) is 9.18 Å². The van der Waals surface area contributed by atoms with Gasteiger partial charge >= 0.3 is 6.09 Å². The van der Waals surface area contributed by atoms with E-state index in [0.717, 1.165) is 22.9 Å². The molecule has 176 valence electrons. The Morgan fingerprint density at radius 3 is 2.79 bits per heavy atom. The molecule has 0 bridgehead atoms. The van der Waals surface area contributed by atoms with E-state index >= 15 is 0 Å². The fraction of sp³-hybridized carbons (Fsp3) is 0.208. The first-order valence-corrected chi connectivity index (χ1v) is 11.1. The lowest BCUT2D eigenvalue weighted by atomic mass is 10.1. The third-order valence-corrected chi connectivity index (χ3v) is 5.45. The number of nitrogens with one attached hydrogen (secondary N) is 3. The van der Waals surface area contributed by atoms with E-state index in [2.05, 4.69) is 25.9 Å². The molecule has 8 nitrogen and oxygen atoms in total. The molecule has 10 heteroatoms. The van der Waals surface area contributed by atoms with Crippen LogP contribution in [-0.4, -0.2) is 27.3 Å². The largest absolute Gasteiger partial charge is 0.465 e. The van der Waals surface area contributed by atoms with Crippen molar-refractivity contribution in [3.8, 4) is 11.3 Å². The van der Waals surface area contributed by atoms with Gasteiger partial charge in [0.05, 0.1) is 23.2 Å². The van der Waals surface area contributed by atoms with E-state index in [1.807, 2.05) is 37.3 Å². The van der Waals surface area contributed by atoms with Crippen LogP contribution in [0.3, 0.4) is 0 Å². The number of rotatable bonds is 9. The summed E-state index contributed by atoms with van der Waals surface area (Å²) in [5, 5.41) is 18.5. The van der Waals surface area contributed by atoms with Gasteiger partial charge in [-0.1, -0.05) is 24.9 Å². The van der Waals surface area contributed by atoms with Gasteiger partial charge in [-0.05, 0) is 55.0 Å². The van der Waals surface area contributed by atoms with Crippen LogP contribution in [-0.2, 0) is 6.54 Å². The highest BCUT2D eigenvalue weighted by molar-refractivity contribution is 6.31. The number of carboxylic acid groups (broad SMARTS) is 1. The van der Waals surface area contributed by atoms with E-state index in [0.29, 0.717) is 36.0 Å². The Morgan fingerprint density at radius 2 is 2.03 bits per heavy atom. The summed E-state index contributed by atoms with van der Waals surface area (Å²) in [7, 11) is 0. The third kappa shape index (κ3) is 5.62. The van der Waals surface area contributed by atoms with Gasteiger partial charge in [-0.3, -0.25) is 5.32 Å². The smallest absolute Gasteiger partial charge is 0.405 e. The van der Waals surface area contributed by atoms with Gasteiger partial charge in [-0.15, -0.1) is 0 Å². The van der Waals surface area contributed by atoms with Crippen LogP contribution >= 0.6 is 11.6 Å². The molecule has 0 aliphatic heterocycles. The first-order valence-electron chi connectivity index (χ1n) is 10.7. The summed E-state index contributed by atoms with van der Waals surface area (Å²) in [6.07, 6.45) is 1.52. The molecule has 4 N–H and O–H groups in total. The van der Waals surface area contributed by atoms with Gasteiger partial charge < -0.3 is 20.2 Å². The summed E-state index contributed by atoms with van der Waals surface area (Å²) < 4.78 is 19.5. The van der Waals surface area contributed by atoms with Crippen molar-refractivity contribution in [1.82, 2.24) is 20.6 Å². The number of nitrogens with zero attached hydrogens (tertiary/aromatic N) is 2. The molecular formula is C24H23ClFN5O3. The highest BCUT2D eigenvalue weighted by Gasteiger charge is 2.13. The number of anilines is 2. The van der Waals surface area contributed by atoms with Crippen LogP contribution in [0.4, 0.5) is 20.7 Å². The molecule has 2 aromatic heterocycles. The van der Waals surface area contributed by atoms with Gasteiger partial charge in [0.1, 0.15) is 29.5 Å². The van der Waals surface area contributed by atoms with Crippen LogP contribution in [0.5, 0.6) is 0 Å². The molecule has 34 heavy (non-hydrogen) atoms. The Hall–Kier alpha value is -3.69. The first-order chi connectivity index (χ1) is 16.4. The molecule has 1 amide bonds. The number of benzene rings is 2. The maximum absolute atomic E-state index is 13.5. The average Bonchev–Trinajstić information content (AvgIpc) is 3.29. The minimum Gasteiger partial charge on any atom is -0.465 e. The highest BCUT2D eigenvalue weighted by Crippen LogP contribution is 2.30. The monoisotopic (exact) mass is 483 g/mol. The number of halogens is 2. The zero-order valence-corrected chi connectivity index (χ0v) is 19.1. The van der Waals surface area contributed by atoms with Crippen LogP contribution < -0.4 is 16.0 Å². The molecule has 0 spiro atoms. The summed E-state index contributed by atoms with van der Waals surface area (Å²) >= 11 is 5.90. The third-order valence-electron chi connectivity index (χ3n) is 5.16. The number of amides is 1. The second-order valence-electron chi connectivity index (χ2n) is 7.65. The molecular weight excluding hydrogens is 461 g/mol.